The summed E-state index contributed by atoms with van der Waals surface area (Å²) in [5.74, 6) is 0.0636. The zero-order chi connectivity index (χ0) is 11.5. The molecule has 1 aromatic carbocycles. The molecule has 1 aromatic heterocycles. The van der Waals surface area contributed by atoms with E-state index >= 15 is 0 Å². The third-order valence-electron chi connectivity index (χ3n) is 1.96. The summed E-state index contributed by atoms with van der Waals surface area (Å²) in [7, 11) is 0. The van der Waals surface area contributed by atoms with Crippen LogP contribution in [0.1, 0.15) is 0 Å². The third-order valence-corrected chi connectivity index (χ3v) is 2.18. The minimum Gasteiger partial charge on any atom is -0.396 e. The molecule has 0 aliphatic carbocycles. The molecule has 0 aliphatic heterocycles. The van der Waals surface area contributed by atoms with Gasteiger partial charge in [-0.25, -0.2) is 9.37 Å². The number of nitrogens with one attached hydrogen (secondary N) is 1. The van der Waals surface area contributed by atoms with Crippen molar-refractivity contribution in [3.8, 4) is 0 Å². The number of hydrogen-bond donors (Lipinski definition) is 2. The summed E-state index contributed by atoms with van der Waals surface area (Å²) < 4.78 is 13.1. The predicted octanol–water partition coefficient (Wildman–Crippen LogP) is 3.20. The summed E-state index contributed by atoms with van der Waals surface area (Å²) in [5.41, 5.74) is 6.69. The van der Waals surface area contributed by atoms with Crippen LogP contribution < -0.4 is 11.1 Å². The Labute approximate surface area is 97.1 Å². The maximum Gasteiger partial charge on any atom is 0.153 e. The lowest BCUT2D eigenvalue weighted by atomic mass is 10.3. The Morgan fingerprint density at radius 2 is 2.12 bits per heavy atom. The molecule has 2 aromatic rings. The standard InChI is InChI=1S/C11H9ClFN3/c12-7-4-8(13)6-9(5-7)16-11-10(14)2-1-3-15-11/h1-6H,14H2,(H,15,16). The summed E-state index contributed by atoms with van der Waals surface area (Å²) in [6.45, 7) is 0. The van der Waals surface area contributed by atoms with Gasteiger partial charge in [-0.3, -0.25) is 0 Å². The van der Waals surface area contributed by atoms with E-state index in [1.165, 1.54) is 12.1 Å². The van der Waals surface area contributed by atoms with E-state index < -0.39 is 5.82 Å². The van der Waals surface area contributed by atoms with E-state index in [4.69, 9.17) is 17.3 Å². The first-order chi connectivity index (χ1) is 7.65. The highest BCUT2D eigenvalue weighted by Gasteiger charge is 2.02. The van der Waals surface area contributed by atoms with Crippen LogP contribution in [-0.4, -0.2) is 4.98 Å². The van der Waals surface area contributed by atoms with Crippen molar-refractivity contribution in [3.63, 3.8) is 0 Å². The summed E-state index contributed by atoms with van der Waals surface area (Å²) >= 11 is 5.72. The van der Waals surface area contributed by atoms with Crippen LogP contribution in [0.2, 0.25) is 5.02 Å². The molecule has 0 radical (unpaired) electrons. The minimum absolute atomic E-state index is 0.317. The highest BCUT2D eigenvalue weighted by Crippen LogP contribution is 2.23. The molecule has 3 N–H and O–H groups in total. The number of nitrogens with two attached hydrogens (primary N) is 1. The van der Waals surface area contributed by atoms with Gasteiger partial charge in [0.05, 0.1) is 5.69 Å². The molecule has 0 atom stereocenters. The van der Waals surface area contributed by atoms with Gasteiger partial charge in [0.25, 0.3) is 0 Å². The van der Waals surface area contributed by atoms with Gasteiger partial charge in [0.2, 0.25) is 0 Å². The van der Waals surface area contributed by atoms with Crippen LogP contribution in [0, 0.1) is 5.82 Å². The van der Waals surface area contributed by atoms with Gasteiger partial charge in [0.1, 0.15) is 5.82 Å². The highest BCUT2D eigenvalue weighted by molar-refractivity contribution is 6.30. The first-order valence-electron chi connectivity index (χ1n) is 4.59. The van der Waals surface area contributed by atoms with E-state index in [-0.39, 0.29) is 0 Å². The second-order valence-electron chi connectivity index (χ2n) is 3.22. The molecule has 0 saturated heterocycles. The molecule has 0 fully saturated rings. The highest BCUT2D eigenvalue weighted by atomic mass is 35.5. The predicted molar refractivity (Wildman–Crippen MR) is 63.3 cm³/mol. The van der Waals surface area contributed by atoms with Crippen molar-refractivity contribution in [1.82, 2.24) is 4.98 Å². The van der Waals surface area contributed by atoms with Gasteiger partial charge in [0.15, 0.2) is 5.82 Å². The first kappa shape index (κ1) is 10.7. The van der Waals surface area contributed by atoms with Crippen molar-refractivity contribution < 1.29 is 4.39 Å². The number of benzene rings is 1. The third kappa shape index (κ3) is 2.41. The lowest BCUT2D eigenvalue weighted by Gasteiger charge is -2.08. The smallest absolute Gasteiger partial charge is 0.153 e. The Morgan fingerprint density at radius 1 is 1.31 bits per heavy atom. The molecule has 2 rings (SSSR count). The van der Waals surface area contributed by atoms with Gasteiger partial charge in [-0.2, -0.15) is 0 Å². The van der Waals surface area contributed by atoms with Crippen molar-refractivity contribution in [3.05, 3.63) is 47.4 Å². The number of nitrogens with zero attached hydrogens (tertiary/aromatic N) is 1. The molecule has 1 heterocycles. The number of anilines is 3. The number of hydrogen-bond acceptors (Lipinski definition) is 3. The molecule has 0 saturated carbocycles. The van der Waals surface area contributed by atoms with E-state index in [1.54, 1.807) is 24.4 Å². The average Bonchev–Trinajstić information content (AvgIpc) is 2.20. The lowest BCUT2D eigenvalue weighted by molar-refractivity contribution is 0.628. The first-order valence-corrected chi connectivity index (χ1v) is 4.96. The van der Waals surface area contributed by atoms with Gasteiger partial charge >= 0.3 is 0 Å². The number of pyridine rings is 1. The zero-order valence-corrected chi connectivity index (χ0v) is 9.00. The van der Waals surface area contributed by atoms with Crippen LogP contribution in [0.4, 0.5) is 21.6 Å². The molecule has 5 heteroatoms. The fourth-order valence-corrected chi connectivity index (χ4v) is 1.51. The summed E-state index contributed by atoms with van der Waals surface area (Å²) in [6.07, 6.45) is 1.60. The fourth-order valence-electron chi connectivity index (χ4n) is 1.28. The van der Waals surface area contributed by atoms with Crippen LogP contribution in [0.3, 0.4) is 0 Å². The number of nitrogen functional groups attached to an aromatic ring is 1. The van der Waals surface area contributed by atoms with E-state index in [2.05, 4.69) is 10.3 Å². The number of halogens is 2. The average molecular weight is 238 g/mol. The van der Waals surface area contributed by atoms with Crippen LogP contribution in [0.15, 0.2) is 36.5 Å². The van der Waals surface area contributed by atoms with E-state index in [0.717, 1.165) is 0 Å². The summed E-state index contributed by atoms with van der Waals surface area (Å²) in [4.78, 5) is 4.03. The van der Waals surface area contributed by atoms with Crippen LogP contribution >= 0.6 is 11.6 Å². The van der Waals surface area contributed by atoms with E-state index in [0.29, 0.717) is 22.2 Å². The Hall–Kier alpha value is -1.81. The Morgan fingerprint density at radius 3 is 2.81 bits per heavy atom. The molecular formula is C11H9ClFN3. The molecule has 3 nitrogen and oxygen atoms in total. The molecular weight excluding hydrogens is 229 g/mol. The van der Waals surface area contributed by atoms with Crippen LogP contribution in [-0.2, 0) is 0 Å². The topological polar surface area (TPSA) is 50.9 Å². The second-order valence-corrected chi connectivity index (χ2v) is 3.66. The van der Waals surface area contributed by atoms with Gasteiger partial charge in [-0.05, 0) is 30.3 Å². The summed E-state index contributed by atoms with van der Waals surface area (Å²) in [5, 5.41) is 3.21. The maximum atomic E-state index is 13.1. The Bertz CT molecular complexity index is 496. The fraction of sp³-hybridized carbons (Fsp3) is 0. The van der Waals surface area contributed by atoms with Crippen molar-refractivity contribution in [2.24, 2.45) is 0 Å². The normalized spacial score (nSPS) is 10.1. The van der Waals surface area contributed by atoms with Gasteiger partial charge in [0, 0.05) is 16.9 Å². The Kier molecular flexibility index (Phi) is 2.92. The summed E-state index contributed by atoms with van der Waals surface area (Å²) in [6, 6.07) is 7.57. The van der Waals surface area contributed by atoms with Gasteiger partial charge in [-0.15, -0.1) is 0 Å². The molecule has 0 bridgehead atoms. The van der Waals surface area contributed by atoms with Crippen LogP contribution in [0.25, 0.3) is 0 Å². The van der Waals surface area contributed by atoms with Crippen molar-refractivity contribution >= 4 is 28.8 Å². The van der Waals surface area contributed by atoms with Crippen molar-refractivity contribution in [2.45, 2.75) is 0 Å². The zero-order valence-electron chi connectivity index (χ0n) is 8.24. The minimum atomic E-state index is -0.412. The molecule has 0 spiro atoms. The number of aromatic nitrogens is 1. The largest absolute Gasteiger partial charge is 0.396 e. The van der Waals surface area contributed by atoms with Gasteiger partial charge < -0.3 is 11.1 Å². The molecule has 16 heavy (non-hydrogen) atoms. The molecule has 82 valence electrons. The Balaban J connectivity index is 2.30. The molecule has 0 aliphatic rings. The van der Waals surface area contributed by atoms with E-state index in [9.17, 15) is 4.39 Å². The monoisotopic (exact) mass is 237 g/mol. The van der Waals surface area contributed by atoms with Gasteiger partial charge in [-0.1, -0.05) is 11.6 Å². The molecule has 0 amide bonds. The quantitative estimate of drug-likeness (QED) is 0.843. The van der Waals surface area contributed by atoms with E-state index in [1.807, 2.05) is 0 Å². The van der Waals surface area contributed by atoms with Crippen molar-refractivity contribution in [1.29, 1.82) is 0 Å². The molecule has 0 unspecified atom stereocenters. The SMILES string of the molecule is Nc1cccnc1Nc1cc(F)cc(Cl)c1. The number of rotatable bonds is 2. The van der Waals surface area contributed by atoms with Crippen LogP contribution in [0.5, 0.6) is 0 Å². The van der Waals surface area contributed by atoms with Crippen molar-refractivity contribution in [2.75, 3.05) is 11.1 Å². The second kappa shape index (κ2) is 4.37. The lowest BCUT2D eigenvalue weighted by Crippen LogP contribution is -1.98. The maximum absolute atomic E-state index is 13.1.